The van der Waals surface area contributed by atoms with Crippen LogP contribution in [0.4, 0.5) is 0 Å². The molecule has 8 nitrogen and oxygen atoms in total. The summed E-state index contributed by atoms with van der Waals surface area (Å²) in [6.45, 7) is 4.72. The summed E-state index contributed by atoms with van der Waals surface area (Å²) in [4.78, 5) is 24.9. The number of esters is 1. The zero-order chi connectivity index (χ0) is 37.0. The summed E-state index contributed by atoms with van der Waals surface area (Å²) < 4.78 is 34.2. The van der Waals surface area contributed by atoms with E-state index < -0.39 is 13.9 Å². The van der Waals surface area contributed by atoms with Gasteiger partial charge >= 0.3 is 5.97 Å². The van der Waals surface area contributed by atoms with Crippen LogP contribution >= 0.6 is 7.82 Å². The van der Waals surface area contributed by atoms with Crippen molar-refractivity contribution in [1.29, 1.82) is 0 Å². The fourth-order valence-electron chi connectivity index (χ4n) is 5.56. The number of phosphoric ester groups is 1. The third-order valence-electron chi connectivity index (χ3n) is 8.82. The van der Waals surface area contributed by atoms with Gasteiger partial charge in [-0.25, -0.2) is 0 Å². The summed E-state index contributed by atoms with van der Waals surface area (Å²) in [5, 5.41) is 0. The van der Waals surface area contributed by atoms with E-state index in [-0.39, 0.29) is 32.2 Å². The number of allylic oxidation sites excluding steroid dienone is 3. The van der Waals surface area contributed by atoms with Crippen molar-refractivity contribution in [3.05, 3.63) is 24.5 Å². The molecule has 0 spiro atoms. The second-order valence-corrected chi connectivity index (χ2v) is 16.5. The number of quaternary nitrogens is 1. The maximum Gasteiger partial charge on any atom is 0.306 e. The Bertz CT molecular complexity index is 858. The average molecular weight is 730 g/mol. The summed E-state index contributed by atoms with van der Waals surface area (Å²) in [6, 6.07) is 0. The lowest BCUT2D eigenvalue weighted by molar-refractivity contribution is -0.870. The molecule has 0 rings (SSSR count). The third kappa shape index (κ3) is 38.1. The molecule has 0 radical (unpaired) electrons. The Labute approximate surface area is 309 Å². The molecule has 2 atom stereocenters. The second kappa shape index (κ2) is 34.9. The Hall–Kier alpha value is -1.18. The van der Waals surface area contributed by atoms with Gasteiger partial charge in [0.05, 0.1) is 34.0 Å². The van der Waals surface area contributed by atoms with Gasteiger partial charge in [-0.1, -0.05) is 142 Å². The van der Waals surface area contributed by atoms with Gasteiger partial charge in [-0.2, -0.15) is 0 Å². The van der Waals surface area contributed by atoms with Crippen LogP contribution in [0.2, 0.25) is 0 Å². The van der Waals surface area contributed by atoms with E-state index in [1.54, 1.807) is 6.26 Å². The number of unbranched alkanes of at least 4 members (excludes halogenated alkanes) is 22. The van der Waals surface area contributed by atoms with E-state index in [2.05, 4.69) is 26.0 Å². The van der Waals surface area contributed by atoms with Crippen molar-refractivity contribution >= 4 is 13.8 Å². The fourth-order valence-corrected chi connectivity index (χ4v) is 6.29. The topological polar surface area (TPSA) is 94.1 Å². The van der Waals surface area contributed by atoms with E-state index in [1.807, 2.05) is 27.2 Å². The fraction of sp³-hybridized carbons (Fsp3) is 0.878. The minimum absolute atomic E-state index is 0.0164. The van der Waals surface area contributed by atoms with Crippen molar-refractivity contribution in [2.45, 2.75) is 187 Å². The smallest absolute Gasteiger partial charge is 0.306 e. The number of hydrogen-bond donors (Lipinski definition) is 0. The molecule has 0 amide bonds. The number of ether oxygens (including phenoxy) is 2. The normalized spacial score (nSPS) is 14.0. The van der Waals surface area contributed by atoms with Crippen LogP contribution in [0.25, 0.3) is 0 Å². The molecule has 50 heavy (non-hydrogen) atoms. The van der Waals surface area contributed by atoms with Gasteiger partial charge in [0.2, 0.25) is 0 Å². The lowest BCUT2D eigenvalue weighted by Gasteiger charge is -2.28. The first kappa shape index (κ1) is 48.8. The molecule has 0 aliphatic carbocycles. The number of hydrogen-bond acceptors (Lipinski definition) is 7. The predicted octanol–water partition coefficient (Wildman–Crippen LogP) is 11.4. The largest absolute Gasteiger partial charge is 0.756 e. The molecular weight excluding hydrogens is 649 g/mol. The van der Waals surface area contributed by atoms with Crippen LogP contribution in [0.5, 0.6) is 0 Å². The van der Waals surface area contributed by atoms with Crippen molar-refractivity contribution in [2.75, 3.05) is 47.5 Å². The minimum Gasteiger partial charge on any atom is -0.756 e. The van der Waals surface area contributed by atoms with Gasteiger partial charge in [0, 0.05) is 6.42 Å². The summed E-state index contributed by atoms with van der Waals surface area (Å²) >= 11 is 0. The average Bonchev–Trinajstić information content (AvgIpc) is 3.06. The van der Waals surface area contributed by atoms with Crippen molar-refractivity contribution in [3.8, 4) is 0 Å². The number of carbonyl (C=O) groups is 1. The van der Waals surface area contributed by atoms with Crippen LogP contribution in [0.15, 0.2) is 24.5 Å². The Balaban J connectivity index is 4.33. The van der Waals surface area contributed by atoms with E-state index in [9.17, 15) is 14.3 Å². The number of phosphoric acid groups is 1. The molecule has 0 heterocycles. The van der Waals surface area contributed by atoms with Crippen molar-refractivity contribution in [2.24, 2.45) is 0 Å². The van der Waals surface area contributed by atoms with Crippen LogP contribution < -0.4 is 4.89 Å². The van der Waals surface area contributed by atoms with Crippen LogP contribution in [0, 0.1) is 0 Å². The first-order valence-corrected chi connectivity index (χ1v) is 22.1. The van der Waals surface area contributed by atoms with Gasteiger partial charge < -0.3 is 27.9 Å². The molecule has 0 bridgehead atoms. The van der Waals surface area contributed by atoms with Crippen molar-refractivity contribution in [3.63, 3.8) is 0 Å². The summed E-state index contributed by atoms with van der Waals surface area (Å²) in [5.41, 5.74) is 0. The standard InChI is InChI=1S/C41H80NO7P/c1-6-8-10-12-14-16-18-20-22-24-26-28-30-32-34-41(43)49-40(39-48-50(44,45)47-37-35-42(3,4)5)38-46-36-33-31-29-27-25-23-21-19-17-15-13-11-9-7-2/h18,20,33,36,40H,6-17,19,21-32,34-35,37-39H2,1-5H3/b20-18-,36-33-/t40-/m1/s1. The maximum atomic E-state index is 12.6. The highest BCUT2D eigenvalue weighted by Gasteiger charge is 2.20. The third-order valence-corrected chi connectivity index (χ3v) is 9.78. The Morgan fingerprint density at radius 3 is 1.54 bits per heavy atom. The summed E-state index contributed by atoms with van der Waals surface area (Å²) in [6.07, 6.45) is 38.5. The molecular formula is C41H80NO7P. The molecule has 0 aliphatic rings. The summed E-state index contributed by atoms with van der Waals surface area (Å²) in [5.74, 6) is -0.365. The molecule has 0 aromatic rings. The molecule has 0 N–H and O–H groups in total. The highest BCUT2D eigenvalue weighted by atomic mass is 31.2. The lowest BCUT2D eigenvalue weighted by Crippen LogP contribution is -2.37. The van der Waals surface area contributed by atoms with Gasteiger partial charge in [0.1, 0.15) is 19.8 Å². The van der Waals surface area contributed by atoms with E-state index >= 15 is 0 Å². The summed E-state index contributed by atoms with van der Waals surface area (Å²) in [7, 11) is 1.32. The van der Waals surface area contributed by atoms with Gasteiger partial charge in [-0.3, -0.25) is 9.36 Å². The number of nitrogens with zero attached hydrogens (tertiary/aromatic N) is 1. The Morgan fingerprint density at radius 2 is 1.06 bits per heavy atom. The zero-order valence-corrected chi connectivity index (χ0v) is 34.2. The number of rotatable bonds is 38. The maximum absolute atomic E-state index is 12.6. The predicted molar refractivity (Wildman–Crippen MR) is 208 cm³/mol. The molecule has 0 fully saturated rings. The van der Waals surface area contributed by atoms with Crippen LogP contribution in [-0.2, 0) is 27.9 Å². The minimum atomic E-state index is -4.53. The van der Waals surface area contributed by atoms with E-state index in [4.69, 9.17) is 18.5 Å². The zero-order valence-electron chi connectivity index (χ0n) is 33.4. The SMILES string of the molecule is CCCCCCC/C=C\CCCCCCCC(=O)O[C@H](CO/C=C\CCCCCCCCCCCCCC)COP(=O)([O-])OCC[N+](C)(C)C. The molecule has 0 aromatic carbocycles. The monoisotopic (exact) mass is 730 g/mol. The van der Waals surface area contributed by atoms with Gasteiger partial charge in [0.15, 0.2) is 6.10 Å². The molecule has 0 saturated carbocycles. The first-order chi connectivity index (χ1) is 24.1. The van der Waals surface area contributed by atoms with E-state index in [0.29, 0.717) is 11.0 Å². The second-order valence-electron chi connectivity index (χ2n) is 15.1. The number of likely N-dealkylation sites (N-methyl/N-ethyl adjacent to an activating group) is 1. The van der Waals surface area contributed by atoms with E-state index in [1.165, 1.54) is 116 Å². The van der Waals surface area contributed by atoms with Crippen molar-refractivity contribution < 1.29 is 37.3 Å². The van der Waals surface area contributed by atoms with Crippen molar-refractivity contribution in [1.82, 2.24) is 0 Å². The van der Waals surface area contributed by atoms with Gasteiger partial charge in [0.25, 0.3) is 7.82 Å². The quantitative estimate of drug-likeness (QED) is 0.0156. The van der Waals surface area contributed by atoms with Crippen LogP contribution in [0.3, 0.4) is 0 Å². The molecule has 0 saturated heterocycles. The van der Waals surface area contributed by atoms with Gasteiger partial charge in [-0.15, -0.1) is 0 Å². The molecule has 9 heteroatoms. The Morgan fingerprint density at radius 1 is 0.620 bits per heavy atom. The Kier molecular flexibility index (Phi) is 34.1. The van der Waals surface area contributed by atoms with Crippen LogP contribution in [-0.4, -0.2) is 64.1 Å². The first-order valence-electron chi connectivity index (χ1n) is 20.6. The molecule has 0 aromatic heterocycles. The highest BCUT2D eigenvalue weighted by molar-refractivity contribution is 7.45. The molecule has 296 valence electrons. The highest BCUT2D eigenvalue weighted by Crippen LogP contribution is 2.38. The van der Waals surface area contributed by atoms with Gasteiger partial charge in [-0.05, 0) is 51.0 Å². The van der Waals surface area contributed by atoms with E-state index in [0.717, 1.165) is 44.9 Å². The molecule has 0 aliphatic heterocycles. The number of carbonyl (C=O) groups excluding carboxylic acids is 1. The molecule has 1 unspecified atom stereocenters. The lowest BCUT2D eigenvalue weighted by atomic mass is 10.0. The van der Waals surface area contributed by atoms with Crippen LogP contribution in [0.1, 0.15) is 181 Å².